The Bertz CT molecular complexity index is 773. The van der Waals surface area contributed by atoms with Crippen molar-refractivity contribution >= 4 is 17.4 Å². The first-order valence-corrected chi connectivity index (χ1v) is 12.6. The Balaban J connectivity index is 0.00000265. The molecule has 1 fully saturated rings. The third kappa shape index (κ3) is 9.07. The summed E-state index contributed by atoms with van der Waals surface area (Å²) in [5, 5.41) is 3.11. The van der Waals surface area contributed by atoms with E-state index in [2.05, 4.69) is 18.8 Å². The van der Waals surface area contributed by atoms with Gasteiger partial charge in [0.1, 0.15) is 6.04 Å². The Labute approximate surface area is 201 Å². The van der Waals surface area contributed by atoms with Crippen LogP contribution >= 0.6 is 0 Å². The molecule has 1 saturated heterocycles. The maximum absolute atomic E-state index is 13.3. The summed E-state index contributed by atoms with van der Waals surface area (Å²) < 4.78 is 0. The van der Waals surface area contributed by atoms with E-state index in [1.807, 2.05) is 64.1 Å². The van der Waals surface area contributed by atoms with Crippen LogP contribution in [-0.4, -0.2) is 35.3 Å². The number of nitrogens with two attached hydrogens (primary N) is 1. The number of carbonyl (C=O) groups excluding carboxylic acids is 2. The van der Waals surface area contributed by atoms with E-state index in [-0.39, 0.29) is 23.8 Å². The molecular formula is C28H45N3O2. The van der Waals surface area contributed by atoms with Crippen molar-refractivity contribution in [1.82, 2.24) is 10.2 Å². The summed E-state index contributed by atoms with van der Waals surface area (Å²) in [5.41, 5.74) is 8.86. The number of unbranched alkanes of at least 4 members (excludes halogenated alkanes) is 1. The zero-order chi connectivity index (χ0) is 24.8. The van der Waals surface area contributed by atoms with Crippen molar-refractivity contribution in [1.29, 1.82) is 0 Å². The van der Waals surface area contributed by atoms with Crippen molar-refractivity contribution < 1.29 is 9.59 Å². The molecule has 0 saturated carbocycles. The smallest absolute Gasteiger partial charge is 0.243 e. The molecule has 3 N–H and O–H groups in total. The van der Waals surface area contributed by atoms with Gasteiger partial charge in [-0.05, 0) is 57.1 Å². The highest BCUT2D eigenvalue weighted by Crippen LogP contribution is 2.26. The lowest BCUT2D eigenvalue weighted by atomic mass is 9.94. The summed E-state index contributed by atoms with van der Waals surface area (Å²) in [7, 11) is 0. The molecule has 1 heterocycles. The van der Waals surface area contributed by atoms with Gasteiger partial charge in [0.25, 0.3) is 0 Å². The van der Waals surface area contributed by atoms with E-state index in [1.54, 1.807) is 4.90 Å². The number of nitrogens with zero attached hydrogens (tertiary/aromatic N) is 1. The van der Waals surface area contributed by atoms with Gasteiger partial charge in [-0.1, -0.05) is 76.6 Å². The highest BCUT2D eigenvalue weighted by Gasteiger charge is 2.37. The van der Waals surface area contributed by atoms with Gasteiger partial charge in [0.2, 0.25) is 11.8 Å². The molecule has 0 spiro atoms. The summed E-state index contributed by atoms with van der Waals surface area (Å²) in [5.74, 6) is -0.149. The average Bonchev–Trinajstić information content (AvgIpc) is 3.33. The van der Waals surface area contributed by atoms with Crippen molar-refractivity contribution in [2.45, 2.75) is 91.6 Å². The topological polar surface area (TPSA) is 75.4 Å². The number of amides is 2. The number of hydrogen-bond donors (Lipinski definition) is 2. The molecule has 33 heavy (non-hydrogen) atoms. The first kappa shape index (κ1) is 28.5. The number of rotatable bonds is 11. The van der Waals surface area contributed by atoms with Crippen molar-refractivity contribution in [2.24, 2.45) is 11.7 Å². The molecule has 5 nitrogen and oxygen atoms in total. The van der Waals surface area contributed by atoms with Crippen LogP contribution in [0.2, 0.25) is 0 Å². The number of nitrogens with one attached hydrogen (secondary N) is 1. The van der Waals surface area contributed by atoms with Gasteiger partial charge >= 0.3 is 0 Å². The average molecular weight is 456 g/mol. The second-order valence-corrected chi connectivity index (χ2v) is 8.68. The second kappa shape index (κ2) is 15.3. The predicted molar refractivity (Wildman–Crippen MR) is 139 cm³/mol. The van der Waals surface area contributed by atoms with Gasteiger partial charge in [-0.15, -0.1) is 0 Å². The van der Waals surface area contributed by atoms with E-state index >= 15 is 0 Å². The third-order valence-electron chi connectivity index (χ3n) is 6.07. The van der Waals surface area contributed by atoms with Crippen molar-refractivity contribution in [3.8, 4) is 0 Å². The molecule has 1 aromatic rings. The number of allylic oxidation sites excluding steroid dienone is 2. The zero-order valence-electron chi connectivity index (χ0n) is 21.4. The summed E-state index contributed by atoms with van der Waals surface area (Å²) in [4.78, 5) is 28.1. The fourth-order valence-corrected chi connectivity index (χ4v) is 4.25. The molecule has 2 amide bonds. The summed E-state index contributed by atoms with van der Waals surface area (Å²) in [6, 6.07) is 9.57. The maximum atomic E-state index is 13.3. The van der Waals surface area contributed by atoms with E-state index in [0.29, 0.717) is 25.8 Å². The van der Waals surface area contributed by atoms with Crippen LogP contribution in [0, 0.1) is 5.92 Å². The fourth-order valence-electron chi connectivity index (χ4n) is 4.25. The van der Waals surface area contributed by atoms with E-state index in [0.717, 1.165) is 42.5 Å². The summed E-state index contributed by atoms with van der Waals surface area (Å²) in [6.07, 6.45) is 7.49. The first-order chi connectivity index (χ1) is 15.9. The molecule has 0 bridgehead atoms. The molecule has 0 aromatic heterocycles. The molecule has 1 aliphatic heterocycles. The van der Waals surface area contributed by atoms with Crippen LogP contribution < -0.4 is 11.1 Å². The van der Waals surface area contributed by atoms with Gasteiger partial charge < -0.3 is 16.0 Å². The Kier molecular flexibility index (Phi) is 13.2. The van der Waals surface area contributed by atoms with Crippen LogP contribution in [0.25, 0.3) is 5.57 Å². The second-order valence-electron chi connectivity index (χ2n) is 8.68. The highest BCUT2D eigenvalue weighted by atomic mass is 16.2. The predicted octanol–water partition coefficient (Wildman–Crippen LogP) is 5.67. The minimum absolute atomic E-state index is 0.0488. The Hall–Kier alpha value is -2.56. The van der Waals surface area contributed by atoms with Gasteiger partial charge in [-0.25, -0.2) is 0 Å². The SMILES string of the molecule is C=C(CC(C)NC(=O)C1CCCN1C(=O)C(CCCC)C/C(N)=C/C)c1ccccc1.CC. The minimum Gasteiger partial charge on any atom is -0.402 e. The molecule has 184 valence electrons. The third-order valence-corrected chi connectivity index (χ3v) is 6.07. The molecule has 2 rings (SSSR count). The quantitative estimate of drug-likeness (QED) is 0.451. The lowest BCUT2D eigenvalue weighted by molar-refractivity contribution is -0.142. The number of hydrogen-bond acceptors (Lipinski definition) is 3. The molecule has 3 atom stereocenters. The number of likely N-dealkylation sites (tertiary alicyclic amines) is 1. The molecule has 3 unspecified atom stereocenters. The van der Waals surface area contributed by atoms with Crippen LogP contribution in [0.3, 0.4) is 0 Å². The monoisotopic (exact) mass is 455 g/mol. The summed E-state index contributed by atoms with van der Waals surface area (Å²) >= 11 is 0. The number of benzene rings is 1. The molecule has 1 aliphatic rings. The van der Waals surface area contributed by atoms with E-state index < -0.39 is 6.04 Å². The van der Waals surface area contributed by atoms with Gasteiger partial charge in [0, 0.05) is 24.2 Å². The van der Waals surface area contributed by atoms with Crippen molar-refractivity contribution in [3.05, 3.63) is 54.2 Å². The van der Waals surface area contributed by atoms with Gasteiger partial charge in [-0.2, -0.15) is 0 Å². The summed E-state index contributed by atoms with van der Waals surface area (Å²) in [6.45, 7) is 14.8. The van der Waals surface area contributed by atoms with Crippen molar-refractivity contribution in [2.75, 3.05) is 6.54 Å². The molecule has 0 radical (unpaired) electrons. The minimum atomic E-state index is -0.393. The number of carbonyl (C=O) groups is 2. The normalized spacial score (nSPS) is 17.5. The lowest BCUT2D eigenvalue weighted by Crippen LogP contribution is -2.49. The zero-order valence-corrected chi connectivity index (χ0v) is 21.4. The molecular weight excluding hydrogens is 410 g/mol. The van der Waals surface area contributed by atoms with E-state index in [4.69, 9.17) is 5.73 Å². The molecule has 5 heteroatoms. The van der Waals surface area contributed by atoms with Crippen LogP contribution in [0.5, 0.6) is 0 Å². The Morgan fingerprint density at radius 1 is 1.24 bits per heavy atom. The fraction of sp³-hybridized carbons (Fsp3) is 0.571. The largest absolute Gasteiger partial charge is 0.402 e. The van der Waals surface area contributed by atoms with Gasteiger partial charge in [0.15, 0.2) is 0 Å². The van der Waals surface area contributed by atoms with Gasteiger partial charge in [0.05, 0.1) is 0 Å². The Morgan fingerprint density at radius 3 is 2.52 bits per heavy atom. The van der Waals surface area contributed by atoms with Crippen LogP contribution in [-0.2, 0) is 9.59 Å². The Morgan fingerprint density at radius 2 is 1.91 bits per heavy atom. The van der Waals surface area contributed by atoms with Crippen LogP contribution in [0.4, 0.5) is 0 Å². The standard InChI is InChI=1S/C26H39N3O2.C2H6/c1-5-7-12-22(18-23(27)6-2)26(31)29-16-11-15-24(29)25(30)28-20(4)17-19(3)21-13-9-8-10-14-21;1-2/h6,8-10,13-14,20,22,24H,3,5,7,11-12,15-18,27H2,1-2,4H3,(H,28,30);1-2H3/b23-6-;. The van der Waals surface area contributed by atoms with Gasteiger partial charge in [-0.3, -0.25) is 9.59 Å². The maximum Gasteiger partial charge on any atom is 0.243 e. The van der Waals surface area contributed by atoms with E-state index in [9.17, 15) is 9.59 Å². The van der Waals surface area contributed by atoms with E-state index in [1.165, 1.54) is 0 Å². The van der Waals surface area contributed by atoms with Crippen LogP contribution in [0.15, 0.2) is 48.7 Å². The lowest BCUT2D eigenvalue weighted by Gasteiger charge is -2.29. The molecule has 1 aromatic carbocycles. The van der Waals surface area contributed by atoms with Crippen LogP contribution in [0.1, 0.15) is 85.1 Å². The van der Waals surface area contributed by atoms with Crippen molar-refractivity contribution in [3.63, 3.8) is 0 Å². The first-order valence-electron chi connectivity index (χ1n) is 12.6. The molecule has 0 aliphatic carbocycles. The highest BCUT2D eigenvalue weighted by molar-refractivity contribution is 5.89.